The summed E-state index contributed by atoms with van der Waals surface area (Å²) in [6.45, 7) is 4.06. The summed E-state index contributed by atoms with van der Waals surface area (Å²) < 4.78 is 8.26. The number of benzene rings is 3. The van der Waals surface area contributed by atoms with Crippen LogP contribution in [0.15, 0.2) is 76.2 Å². The van der Waals surface area contributed by atoms with E-state index in [1.54, 1.807) is 0 Å². The number of nitrogens with zero attached hydrogens (tertiary/aromatic N) is 2. The highest BCUT2D eigenvalue weighted by molar-refractivity contribution is 6.03. The predicted molar refractivity (Wildman–Crippen MR) is 121 cm³/mol. The average molecular weight is 397 g/mol. The van der Waals surface area contributed by atoms with Crippen molar-refractivity contribution in [3.05, 3.63) is 88.5 Å². The van der Waals surface area contributed by atoms with Crippen molar-refractivity contribution in [3.8, 4) is 0 Å². The van der Waals surface area contributed by atoms with Crippen molar-refractivity contribution in [1.82, 2.24) is 14.9 Å². The standard InChI is InChI=1S/C25H23N3O2/c1-17-21(15-26-13-6-14-28-16-27-22-9-4-5-10-23(22)28)24(29)20-12-11-18-7-2-3-8-19(18)25(20)30-17/h2-5,7-12,16,26H,6,13-15H2,1H3. The Hall–Kier alpha value is -3.44. The molecule has 5 nitrogen and oxygen atoms in total. The molecule has 30 heavy (non-hydrogen) atoms. The second-order valence-corrected chi connectivity index (χ2v) is 7.59. The minimum Gasteiger partial charge on any atom is -0.460 e. The number of rotatable bonds is 6. The van der Waals surface area contributed by atoms with Gasteiger partial charge in [-0.3, -0.25) is 4.79 Å². The highest BCUT2D eigenvalue weighted by Crippen LogP contribution is 2.25. The Kier molecular flexibility index (Phi) is 4.81. The summed E-state index contributed by atoms with van der Waals surface area (Å²) in [5.41, 5.74) is 3.59. The van der Waals surface area contributed by atoms with Crippen LogP contribution < -0.4 is 10.7 Å². The molecule has 0 aliphatic carbocycles. The summed E-state index contributed by atoms with van der Waals surface area (Å²) in [4.78, 5) is 17.5. The van der Waals surface area contributed by atoms with Crippen LogP contribution >= 0.6 is 0 Å². The Morgan fingerprint density at radius 1 is 1.00 bits per heavy atom. The van der Waals surface area contributed by atoms with E-state index in [9.17, 15) is 4.79 Å². The van der Waals surface area contributed by atoms with E-state index >= 15 is 0 Å². The van der Waals surface area contributed by atoms with Crippen LogP contribution in [0, 0.1) is 6.92 Å². The average Bonchev–Trinajstić information content (AvgIpc) is 3.18. The van der Waals surface area contributed by atoms with Crippen LogP contribution in [0.4, 0.5) is 0 Å². The number of hydrogen-bond donors (Lipinski definition) is 1. The van der Waals surface area contributed by atoms with Gasteiger partial charge in [0.05, 0.1) is 28.3 Å². The zero-order chi connectivity index (χ0) is 20.5. The highest BCUT2D eigenvalue weighted by atomic mass is 16.3. The maximum Gasteiger partial charge on any atom is 0.197 e. The zero-order valence-electron chi connectivity index (χ0n) is 16.9. The third-order valence-electron chi connectivity index (χ3n) is 5.66. The minimum atomic E-state index is 0.0487. The van der Waals surface area contributed by atoms with E-state index in [1.165, 1.54) is 0 Å². The Bertz CT molecular complexity index is 1410. The summed E-state index contributed by atoms with van der Waals surface area (Å²) in [7, 11) is 0. The van der Waals surface area contributed by atoms with Crippen molar-refractivity contribution in [2.45, 2.75) is 26.4 Å². The van der Waals surface area contributed by atoms with Crippen LogP contribution in [0.25, 0.3) is 32.8 Å². The van der Waals surface area contributed by atoms with Crippen LogP contribution in [0.3, 0.4) is 0 Å². The van der Waals surface area contributed by atoms with Crippen molar-refractivity contribution in [2.75, 3.05) is 6.54 Å². The molecule has 0 saturated heterocycles. The second-order valence-electron chi connectivity index (χ2n) is 7.59. The lowest BCUT2D eigenvalue weighted by Crippen LogP contribution is -2.22. The molecular formula is C25H23N3O2. The lowest BCUT2D eigenvalue weighted by Gasteiger charge is -2.10. The topological polar surface area (TPSA) is 60.1 Å². The van der Waals surface area contributed by atoms with Crippen LogP contribution in [-0.4, -0.2) is 16.1 Å². The van der Waals surface area contributed by atoms with E-state index in [-0.39, 0.29) is 5.43 Å². The summed E-state index contributed by atoms with van der Waals surface area (Å²) in [5, 5.41) is 6.09. The van der Waals surface area contributed by atoms with Gasteiger partial charge in [0.15, 0.2) is 5.43 Å². The monoisotopic (exact) mass is 397 g/mol. The molecule has 2 heterocycles. The summed E-state index contributed by atoms with van der Waals surface area (Å²) in [6, 6.07) is 20.0. The minimum absolute atomic E-state index is 0.0487. The summed E-state index contributed by atoms with van der Waals surface area (Å²) >= 11 is 0. The number of fused-ring (bicyclic) bond motifs is 4. The molecule has 5 rings (SSSR count). The van der Waals surface area contributed by atoms with E-state index in [4.69, 9.17) is 4.42 Å². The summed E-state index contributed by atoms with van der Waals surface area (Å²) in [6.07, 6.45) is 2.83. The first-order valence-electron chi connectivity index (χ1n) is 10.3. The Labute approximate surface area is 174 Å². The quantitative estimate of drug-likeness (QED) is 0.331. The van der Waals surface area contributed by atoms with Gasteiger partial charge in [-0.05, 0) is 43.5 Å². The van der Waals surface area contributed by atoms with Gasteiger partial charge >= 0.3 is 0 Å². The van der Waals surface area contributed by atoms with E-state index in [2.05, 4.69) is 20.9 Å². The van der Waals surface area contributed by atoms with Crippen molar-refractivity contribution in [1.29, 1.82) is 0 Å². The number of nitrogens with one attached hydrogen (secondary N) is 1. The van der Waals surface area contributed by atoms with Gasteiger partial charge in [-0.25, -0.2) is 4.98 Å². The lowest BCUT2D eigenvalue weighted by molar-refractivity contribution is 0.538. The van der Waals surface area contributed by atoms with Crippen LogP contribution in [0.2, 0.25) is 0 Å². The van der Waals surface area contributed by atoms with Gasteiger partial charge in [-0.2, -0.15) is 0 Å². The molecule has 3 aromatic carbocycles. The normalized spacial score (nSPS) is 11.6. The molecular weight excluding hydrogens is 374 g/mol. The van der Waals surface area contributed by atoms with E-state index < -0.39 is 0 Å². The van der Waals surface area contributed by atoms with Crippen molar-refractivity contribution >= 4 is 32.8 Å². The highest BCUT2D eigenvalue weighted by Gasteiger charge is 2.13. The maximum absolute atomic E-state index is 13.1. The predicted octanol–water partition coefficient (Wildman–Crippen LogP) is 4.78. The number of aryl methyl sites for hydroxylation is 2. The largest absolute Gasteiger partial charge is 0.460 e. The van der Waals surface area contributed by atoms with Crippen LogP contribution in [0.1, 0.15) is 17.7 Å². The second kappa shape index (κ2) is 7.76. The first kappa shape index (κ1) is 18.6. The Morgan fingerprint density at radius 2 is 1.83 bits per heavy atom. The van der Waals surface area contributed by atoms with Crippen molar-refractivity contribution < 1.29 is 4.42 Å². The molecule has 1 N–H and O–H groups in total. The lowest BCUT2D eigenvalue weighted by atomic mass is 10.0. The third kappa shape index (κ3) is 3.27. The number of imidazole rings is 1. The van der Waals surface area contributed by atoms with E-state index in [0.717, 1.165) is 41.3 Å². The summed E-state index contributed by atoms with van der Waals surface area (Å²) in [5.74, 6) is 0.678. The van der Waals surface area contributed by atoms with Gasteiger partial charge < -0.3 is 14.3 Å². The fourth-order valence-electron chi connectivity index (χ4n) is 4.05. The Balaban J connectivity index is 1.29. The van der Waals surface area contributed by atoms with E-state index in [1.807, 2.05) is 67.8 Å². The van der Waals surface area contributed by atoms with Crippen LogP contribution in [0.5, 0.6) is 0 Å². The smallest absolute Gasteiger partial charge is 0.197 e. The van der Waals surface area contributed by atoms with Gasteiger partial charge in [-0.1, -0.05) is 42.5 Å². The third-order valence-corrected chi connectivity index (χ3v) is 5.66. The molecule has 0 saturated carbocycles. The molecule has 5 heteroatoms. The van der Waals surface area contributed by atoms with Gasteiger partial charge in [0.1, 0.15) is 11.3 Å². The van der Waals surface area contributed by atoms with Gasteiger partial charge in [-0.15, -0.1) is 0 Å². The van der Waals surface area contributed by atoms with Gasteiger partial charge in [0.2, 0.25) is 0 Å². The molecule has 2 aromatic heterocycles. The molecule has 5 aromatic rings. The molecule has 0 amide bonds. The maximum atomic E-state index is 13.1. The molecule has 0 spiro atoms. The first-order chi connectivity index (χ1) is 14.7. The fraction of sp³-hybridized carbons (Fsp3) is 0.200. The van der Waals surface area contributed by atoms with E-state index in [0.29, 0.717) is 28.8 Å². The number of hydrogen-bond acceptors (Lipinski definition) is 4. The molecule has 0 aliphatic rings. The van der Waals surface area contributed by atoms with Gasteiger partial charge in [0.25, 0.3) is 0 Å². The van der Waals surface area contributed by atoms with Crippen LogP contribution in [-0.2, 0) is 13.1 Å². The molecule has 0 radical (unpaired) electrons. The van der Waals surface area contributed by atoms with Gasteiger partial charge in [0, 0.05) is 18.5 Å². The number of para-hydroxylation sites is 2. The Morgan fingerprint density at radius 3 is 2.77 bits per heavy atom. The van der Waals surface area contributed by atoms with Crippen molar-refractivity contribution in [2.24, 2.45) is 0 Å². The molecule has 0 aliphatic heterocycles. The molecule has 0 unspecified atom stereocenters. The molecule has 150 valence electrons. The fourth-order valence-corrected chi connectivity index (χ4v) is 4.05. The number of aromatic nitrogens is 2. The molecule has 0 bridgehead atoms. The van der Waals surface area contributed by atoms with Crippen molar-refractivity contribution in [3.63, 3.8) is 0 Å². The zero-order valence-corrected chi connectivity index (χ0v) is 16.9. The molecule has 0 atom stereocenters. The molecule has 0 fully saturated rings. The SMILES string of the molecule is Cc1oc2c(ccc3ccccc32)c(=O)c1CNCCCn1cnc2ccccc21. The first-order valence-corrected chi connectivity index (χ1v) is 10.3.